The van der Waals surface area contributed by atoms with Crippen LogP contribution in [0.4, 0.5) is 5.00 Å². The van der Waals surface area contributed by atoms with Crippen LogP contribution < -0.4 is 5.32 Å². The molecule has 0 radical (unpaired) electrons. The fourth-order valence-electron chi connectivity index (χ4n) is 1.33. The molecule has 1 rings (SSSR count). The van der Waals surface area contributed by atoms with Crippen molar-refractivity contribution in [2.24, 2.45) is 0 Å². The van der Waals surface area contributed by atoms with Gasteiger partial charge in [0.2, 0.25) is 5.91 Å². The Bertz CT molecular complexity index is 457. The number of rotatable bonds is 3. The molecule has 1 heterocycles. The lowest BCUT2D eigenvalue weighted by Gasteiger charge is -2.15. The van der Waals surface area contributed by atoms with Crippen LogP contribution in [0.5, 0.6) is 0 Å². The van der Waals surface area contributed by atoms with Crippen LogP contribution in [0.1, 0.15) is 49.4 Å². The van der Waals surface area contributed by atoms with E-state index in [1.54, 1.807) is 13.0 Å². The fraction of sp³-hybridized carbons (Fsp3) is 0.538. The summed E-state index contributed by atoms with van der Waals surface area (Å²) < 4.78 is 4.73. The van der Waals surface area contributed by atoms with Gasteiger partial charge in [-0.15, -0.1) is 11.3 Å². The third kappa shape index (κ3) is 3.32. The number of esters is 1. The maximum Gasteiger partial charge on any atom is 0.340 e. The number of ether oxygens (including phenoxy) is 1. The third-order valence-corrected chi connectivity index (χ3v) is 3.93. The highest BCUT2D eigenvalue weighted by Crippen LogP contribution is 2.36. The average molecular weight is 269 g/mol. The minimum Gasteiger partial charge on any atom is -0.465 e. The molecule has 0 unspecified atom stereocenters. The summed E-state index contributed by atoms with van der Waals surface area (Å²) in [5, 5.41) is 3.31. The van der Waals surface area contributed by atoms with Crippen molar-refractivity contribution in [3.8, 4) is 0 Å². The van der Waals surface area contributed by atoms with Crippen molar-refractivity contribution in [1.29, 1.82) is 0 Å². The Hall–Kier alpha value is -1.36. The quantitative estimate of drug-likeness (QED) is 0.857. The topological polar surface area (TPSA) is 55.4 Å². The second-order valence-corrected chi connectivity index (χ2v) is 6.05. The van der Waals surface area contributed by atoms with Gasteiger partial charge in [-0.05, 0) is 11.5 Å². The van der Waals surface area contributed by atoms with E-state index in [1.165, 1.54) is 18.4 Å². The average Bonchev–Trinajstić information content (AvgIpc) is 2.71. The lowest BCUT2D eigenvalue weighted by atomic mass is 9.94. The molecule has 1 aromatic rings. The van der Waals surface area contributed by atoms with Gasteiger partial charge in [-0.3, -0.25) is 4.79 Å². The van der Waals surface area contributed by atoms with Gasteiger partial charge < -0.3 is 10.1 Å². The zero-order chi connectivity index (χ0) is 13.9. The Labute approximate surface area is 111 Å². The van der Waals surface area contributed by atoms with Gasteiger partial charge in [-0.1, -0.05) is 27.7 Å². The number of anilines is 1. The number of hydrogen-bond donors (Lipinski definition) is 1. The molecular weight excluding hydrogens is 250 g/mol. The zero-order valence-corrected chi connectivity index (χ0v) is 12.2. The van der Waals surface area contributed by atoms with E-state index in [0.29, 0.717) is 17.0 Å². The standard InChI is InChI=1S/C13H19NO3S/c1-6-10(15)14-11-8(12(16)17-5)7-9(18-11)13(2,3)4/h7H,6H2,1-5H3,(H,14,15). The van der Waals surface area contributed by atoms with Crippen molar-refractivity contribution in [1.82, 2.24) is 0 Å². The molecule has 0 aromatic carbocycles. The zero-order valence-electron chi connectivity index (χ0n) is 11.4. The Morgan fingerprint density at radius 3 is 2.44 bits per heavy atom. The molecule has 0 aliphatic carbocycles. The van der Waals surface area contributed by atoms with Crippen LogP contribution in [0.3, 0.4) is 0 Å². The van der Waals surface area contributed by atoms with E-state index < -0.39 is 5.97 Å². The van der Waals surface area contributed by atoms with Crippen LogP contribution in [-0.4, -0.2) is 19.0 Å². The highest BCUT2D eigenvalue weighted by Gasteiger charge is 2.23. The first-order valence-corrected chi connectivity index (χ1v) is 6.63. The highest BCUT2D eigenvalue weighted by atomic mass is 32.1. The predicted octanol–water partition coefficient (Wildman–Crippen LogP) is 3.18. The van der Waals surface area contributed by atoms with Crippen molar-refractivity contribution in [3.05, 3.63) is 16.5 Å². The molecule has 1 N–H and O–H groups in total. The van der Waals surface area contributed by atoms with E-state index in [1.807, 2.05) is 0 Å². The fourth-order valence-corrected chi connectivity index (χ4v) is 2.45. The van der Waals surface area contributed by atoms with E-state index in [-0.39, 0.29) is 11.3 Å². The molecule has 100 valence electrons. The van der Waals surface area contributed by atoms with Gasteiger partial charge in [-0.2, -0.15) is 0 Å². The Balaban J connectivity index is 3.17. The first kappa shape index (κ1) is 14.7. The molecule has 4 nitrogen and oxygen atoms in total. The lowest BCUT2D eigenvalue weighted by molar-refractivity contribution is -0.115. The predicted molar refractivity (Wildman–Crippen MR) is 73.3 cm³/mol. The molecule has 0 saturated carbocycles. The largest absolute Gasteiger partial charge is 0.465 e. The molecule has 0 saturated heterocycles. The second-order valence-electron chi connectivity index (χ2n) is 5.00. The molecule has 0 aliphatic heterocycles. The third-order valence-electron chi connectivity index (χ3n) is 2.45. The van der Waals surface area contributed by atoms with Gasteiger partial charge in [0.25, 0.3) is 0 Å². The molecule has 1 amide bonds. The smallest absolute Gasteiger partial charge is 0.340 e. The number of methoxy groups -OCH3 is 1. The molecule has 5 heteroatoms. The minimum absolute atomic E-state index is 0.0668. The van der Waals surface area contributed by atoms with Crippen molar-refractivity contribution in [3.63, 3.8) is 0 Å². The van der Waals surface area contributed by atoms with Gasteiger partial charge in [-0.25, -0.2) is 4.79 Å². The number of hydrogen-bond acceptors (Lipinski definition) is 4. The van der Waals surface area contributed by atoms with Crippen molar-refractivity contribution < 1.29 is 14.3 Å². The molecule has 0 fully saturated rings. The normalized spacial score (nSPS) is 11.2. The van der Waals surface area contributed by atoms with Crippen molar-refractivity contribution in [2.45, 2.75) is 39.5 Å². The van der Waals surface area contributed by atoms with Crippen LogP contribution in [0.25, 0.3) is 0 Å². The summed E-state index contributed by atoms with van der Waals surface area (Å²) in [6.45, 7) is 7.95. The van der Waals surface area contributed by atoms with Crippen LogP contribution in [-0.2, 0) is 14.9 Å². The SMILES string of the molecule is CCC(=O)Nc1sc(C(C)(C)C)cc1C(=O)OC. The first-order chi connectivity index (χ1) is 8.29. The molecule has 0 atom stereocenters. The molecular formula is C13H19NO3S. The van der Waals surface area contributed by atoms with Gasteiger partial charge in [0, 0.05) is 11.3 Å². The molecule has 18 heavy (non-hydrogen) atoms. The van der Waals surface area contributed by atoms with E-state index in [9.17, 15) is 9.59 Å². The van der Waals surface area contributed by atoms with E-state index in [4.69, 9.17) is 4.74 Å². The second kappa shape index (κ2) is 5.52. The first-order valence-electron chi connectivity index (χ1n) is 5.82. The van der Waals surface area contributed by atoms with E-state index in [2.05, 4.69) is 26.1 Å². The van der Waals surface area contributed by atoms with Crippen LogP contribution in [0.15, 0.2) is 6.07 Å². The van der Waals surface area contributed by atoms with Crippen molar-refractivity contribution >= 4 is 28.2 Å². The van der Waals surface area contributed by atoms with Gasteiger partial charge in [0.15, 0.2) is 0 Å². The van der Waals surface area contributed by atoms with E-state index >= 15 is 0 Å². The lowest BCUT2D eigenvalue weighted by Crippen LogP contribution is -2.11. The number of thiophene rings is 1. The summed E-state index contributed by atoms with van der Waals surface area (Å²) >= 11 is 1.42. The summed E-state index contributed by atoms with van der Waals surface area (Å²) in [4.78, 5) is 24.2. The Kier molecular flexibility index (Phi) is 4.51. The monoisotopic (exact) mass is 269 g/mol. The van der Waals surface area contributed by atoms with Gasteiger partial charge >= 0.3 is 5.97 Å². The molecule has 1 aromatic heterocycles. The van der Waals surface area contributed by atoms with E-state index in [0.717, 1.165) is 4.88 Å². The molecule has 0 spiro atoms. The summed E-state index contributed by atoms with van der Waals surface area (Å²) in [6, 6.07) is 1.79. The molecule has 0 bridgehead atoms. The number of carbonyl (C=O) groups is 2. The molecule has 0 aliphatic rings. The number of amides is 1. The van der Waals surface area contributed by atoms with Crippen LogP contribution >= 0.6 is 11.3 Å². The Morgan fingerprint density at radius 1 is 1.39 bits per heavy atom. The highest BCUT2D eigenvalue weighted by molar-refractivity contribution is 7.16. The van der Waals surface area contributed by atoms with Crippen LogP contribution in [0, 0.1) is 0 Å². The maximum absolute atomic E-state index is 11.7. The van der Waals surface area contributed by atoms with Gasteiger partial charge in [0.1, 0.15) is 5.00 Å². The van der Waals surface area contributed by atoms with Crippen molar-refractivity contribution in [2.75, 3.05) is 12.4 Å². The minimum atomic E-state index is -0.423. The summed E-state index contributed by atoms with van der Waals surface area (Å²) in [5.41, 5.74) is 0.358. The van der Waals surface area contributed by atoms with Gasteiger partial charge in [0.05, 0.1) is 12.7 Å². The van der Waals surface area contributed by atoms with Crippen LogP contribution in [0.2, 0.25) is 0 Å². The summed E-state index contributed by atoms with van der Waals surface area (Å²) in [5.74, 6) is -0.532. The summed E-state index contributed by atoms with van der Waals surface area (Å²) in [6.07, 6.45) is 0.378. The Morgan fingerprint density at radius 2 is 2.00 bits per heavy atom. The summed E-state index contributed by atoms with van der Waals surface area (Å²) in [7, 11) is 1.34. The maximum atomic E-state index is 11.7. The number of carbonyl (C=O) groups excluding carboxylic acids is 2. The number of nitrogens with one attached hydrogen (secondary N) is 1.